The number of morpholine rings is 1. The molecule has 0 aromatic heterocycles. The number of hydrogen-bond donors (Lipinski definition) is 0. The van der Waals surface area contributed by atoms with Crippen molar-refractivity contribution in [2.24, 2.45) is 0 Å². The predicted octanol–water partition coefficient (Wildman–Crippen LogP) is 3.74. The molecule has 0 bridgehead atoms. The quantitative estimate of drug-likeness (QED) is 0.763. The number of nitriles is 1. The Balaban J connectivity index is 2.32. The van der Waals surface area contributed by atoms with Crippen molar-refractivity contribution in [2.75, 3.05) is 19.8 Å². The van der Waals surface area contributed by atoms with E-state index in [-0.39, 0.29) is 18.8 Å². The molecule has 7 heteroatoms. The summed E-state index contributed by atoms with van der Waals surface area (Å²) in [5.74, 6) is -0.313. The minimum atomic E-state index is -0.609. The van der Waals surface area contributed by atoms with Crippen molar-refractivity contribution in [3.05, 3.63) is 34.3 Å². The van der Waals surface area contributed by atoms with Gasteiger partial charge in [-0.1, -0.05) is 11.6 Å². The molecule has 1 amide bonds. The van der Waals surface area contributed by atoms with Crippen molar-refractivity contribution in [3.63, 3.8) is 0 Å². The molecule has 1 fully saturated rings. The number of halogens is 1. The van der Waals surface area contributed by atoms with Crippen molar-refractivity contribution >= 4 is 23.5 Å². The van der Waals surface area contributed by atoms with Crippen molar-refractivity contribution in [1.29, 1.82) is 5.26 Å². The standard InChI is InChI=1S/C18H21ClN2O4/c1-18(2,3)25-17(23)21-6-7-24-11-15(21)12-8-13(10-14(19)9-12)16(22)4-5-20/h8-10,15H,4,6-7,11H2,1-3H3/t15-/m0/s1. The Kier molecular flexibility index (Phi) is 6.04. The van der Waals surface area contributed by atoms with Gasteiger partial charge in [-0.15, -0.1) is 0 Å². The maximum absolute atomic E-state index is 12.5. The minimum Gasteiger partial charge on any atom is -0.444 e. The van der Waals surface area contributed by atoms with Crippen LogP contribution in [0.2, 0.25) is 5.02 Å². The molecule has 1 aromatic carbocycles. The number of rotatable bonds is 3. The average Bonchev–Trinajstić information content (AvgIpc) is 2.53. The number of ketones is 1. The van der Waals surface area contributed by atoms with E-state index in [0.29, 0.717) is 29.3 Å². The van der Waals surface area contributed by atoms with Crippen molar-refractivity contribution in [1.82, 2.24) is 4.90 Å². The molecule has 6 nitrogen and oxygen atoms in total. The third kappa shape index (κ3) is 5.18. The zero-order valence-electron chi connectivity index (χ0n) is 14.5. The maximum atomic E-state index is 12.5. The molecule has 1 aliphatic rings. The lowest BCUT2D eigenvalue weighted by atomic mass is 9.99. The Morgan fingerprint density at radius 3 is 2.76 bits per heavy atom. The minimum absolute atomic E-state index is 0.225. The van der Waals surface area contributed by atoms with Crippen LogP contribution in [0.5, 0.6) is 0 Å². The molecule has 1 atom stereocenters. The zero-order valence-corrected chi connectivity index (χ0v) is 15.3. The highest BCUT2D eigenvalue weighted by Gasteiger charge is 2.32. The summed E-state index contributed by atoms with van der Waals surface area (Å²) in [6.07, 6.45) is -0.665. The number of Topliss-reactive ketones (excluding diaryl/α,β-unsaturated/α-hetero) is 1. The topological polar surface area (TPSA) is 79.6 Å². The average molecular weight is 365 g/mol. The van der Waals surface area contributed by atoms with Crippen LogP contribution in [0, 0.1) is 11.3 Å². The summed E-state index contributed by atoms with van der Waals surface area (Å²) in [5.41, 5.74) is 0.417. The van der Waals surface area contributed by atoms with E-state index < -0.39 is 17.7 Å². The van der Waals surface area contributed by atoms with Crippen molar-refractivity contribution in [3.8, 4) is 6.07 Å². The van der Waals surface area contributed by atoms with Crippen LogP contribution >= 0.6 is 11.6 Å². The van der Waals surface area contributed by atoms with E-state index in [2.05, 4.69) is 0 Å². The van der Waals surface area contributed by atoms with E-state index in [1.54, 1.807) is 37.8 Å². The van der Waals surface area contributed by atoms with E-state index in [0.717, 1.165) is 0 Å². The molecule has 1 saturated heterocycles. The second-order valence-corrected chi connectivity index (χ2v) is 7.23. The fourth-order valence-corrected chi connectivity index (χ4v) is 2.80. The first-order valence-electron chi connectivity index (χ1n) is 7.99. The molecule has 0 aliphatic carbocycles. The molecule has 2 rings (SSSR count). The van der Waals surface area contributed by atoms with Gasteiger partial charge in [0.25, 0.3) is 0 Å². The Morgan fingerprint density at radius 1 is 1.40 bits per heavy atom. The van der Waals surface area contributed by atoms with E-state index >= 15 is 0 Å². The van der Waals surface area contributed by atoms with E-state index in [1.165, 1.54) is 6.07 Å². The third-order valence-electron chi connectivity index (χ3n) is 3.62. The Bertz CT molecular complexity index is 706. The summed E-state index contributed by atoms with van der Waals surface area (Å²) >= 11 is 6.14. The zero-order chi connectivity index (χ0) is 18.6. The molecule has 0 unspecified atom stereocenters. The highest BCUT2D eigenvalue weighted by molar-refractivity contribution is 6.31. The lowest BCUT2D eigenvalue weighted by Gasteiger charge is -2.37. The second kappa shape index (κ2) is 7.85. The molecule has 1 aromatic rings. The Hall–Kier alpha value is -2.10. The van der Waals surface area contributed by atoms with Gasteiger partial charge in [0, 0.05) is 17.1 Å². The van der Waals surface area contributed by atoms with Gasteiger partial charge in [-0.3, -0.25) is 9.69 Å². The summed E-state index contributed by atoms with van der Waals surface area (Å²) in [7, 11) is 0. The van der Waals surface area contributed by atoms with Crippen LogP contribution < -0.4 is 0 Å². The van der Waals surface area contributed by atoms with Gasteiger partial charge in [-0.2, -0.15) is 5.26 Å². The first kappa shape index (κ1) is 19.2. The largest absolute Gasteiger partial charge is 0.444 e. The molecule has 1 aliphatic heterocycles. The van der Waals surface area contributed by atoms with Crippen LogP contribution in [-0.4, -0.2) is 42.1 Å². The fraction of sp³-hybridized carbons (Fsp3) is 0.500. The monoisotopic (exact) mass is 364 g/mol. The van der Waals surface area contributed by atoms with Crippen LogP contribution in [0.3, 0.4) is 0 Å². The van der Waals surface area contributed by atoms with Crippen LogP contribution in [0.25, 0.3) is 0 Å². The smallest absolute Gasteiger partial charge is 0.410 e. The van der Waals surface area contributed by atoms with Gasteiger partial charge in [0.2, 0.25) is 0 Å². The normalized spacial score (nSPS) is 17.7. The highest BCUT2D eigenvalue weighted by Crippen LogP contribution is 2.29. The maximum Gasteiger partial charge on any atom is 0.410 e. The van der Waals surface area contributed by atoms with E-state index in [4.69, 9.17) is 26.3 Å². The van der Waals surface area contributed by atoms with Gasteiger partial charge in [0.1, 0.15) is 5.60 Å². The summed E-state index contributed by atoms with van der Waals surface area (Å²) in [5, 5.41) is 9.08. The van der Waals surface area contributed by atoms with Crippen LogP contribution in [0.1, 0.15) is 49.2 Å². The second-order valence-electron chi connectivity index (χ2n) is 6.80. The number of hydrogen-bond acceptors (Lipinski definition) is 5. The molecule has 0 spiro atoms. The first-order valence-corrected chi connectivity index (χ1v) is 8.37. The number of amides is 1. The Labute approximate surface area is 152 Å². The number of ether oxygens (including phenoxy) is 2. The molecular weight excluding hydrogens is 344 g/mol. The van der Waals surface area contributed by atoms with Crippen LogP contribution in [0.15, 0.2) is 18.2 Å². The third-order valence-corrected chi connectivity index (χ3v) is 3.84. The van der Waals surface area contributed by atoms with Gasteiger partial charge in [-0.25, -0.2) is 4.79 Å². The summed E-state index contributed by atoms with van der Waals surface area (Å²) in [6.45, 7) is 6.49. The molecule has 0 saturated carbocycles. The summed E-state index contributed by atoms with van der Waals surface area (Å²) < 4.78 is 11.0. The fourth-order valence-electron chi connectivity index (χ4n) is 2.56. The Morgan fingerprint density at radius 2 is 2.12 bits per heavy atom. The van der Waals surface area contributed by atoms with Crippen LogP contribution in [-0.2, 0) is 9.47 Å². The lowest BCUT2D eigenvalue weighted by Crippen LogP contribution is -2.45. The first-order chi connectivity index (χ1) is 11.7. The van der Waals surface area contributed by atoms with Gasteiger partial charge < -0.3 is 9.47 Å². The lowest BCUT2D eigenvalue weighted by molar-refractivity contribution is -0.0331. The van der Waals surface area contributed by atoms with Crippen molar-refractivity contribution < 1.29 is 19.1 Å². The highest BCUT2D eigenvalue weighted by atomic mass is 35.5. The molecule has 25 heavy (non-hydrogen) atoms. The van der Waals surface area contributed by atoms with Crippen molar-refractivity contribution in [2.45, 2.75) is 38.8 Å². The van der Waals surface area contributed by atoms with Gasteiger partial charge in [0.15, 0.2) is 5.78 Å². The van der Waals surface area contributed by atoms with Gasteiger partial charge >= 0.3 is 6.09 Å². The number of carbonyl (C=O) groups excluding carboxylic acids is 2. The number of carbonyl (C=O) groups is 2. The number of benzene rings is 1. The molecular formula is C18H21ClN2O4. The summed E-state index contributed by atoms with van der Waals surface area (Å²) in [4.78, 5) is 26.1. The molecule has 134 valence electrons. The van der Waals surface area contributed by atoms with E-state index in [9.17, 15) is 9.59 Å². The SMILES string of the molecule is CC(C)(C)OC(=O)N1CCOC[C@H]1c1cc(Cl)cc(C(=O)CC#N)c1. The van der Waals surface area contributed by atoms with Gasteiger partial charge in [0.05, 0.1) is 31.7 Å². The number of nitrogens with zero attached hydrogens (tertiary/aromatic N) is 2. The predicted molar refractivity (Wildman–Crippen MR) is 92.5 cm³/mol. The molecule has 1 heterocycles. The van der Waals surface area contributed by atoms with E-state index in [1.807, 2.05) is 6.07 Å². The summed E-state index contributed by atoms with van der Waals surface area (Å²) in [6, 6.07) is 6.30. The molecule has 0 N–H and O–H groups in total. The molecule has 0 radical (unpaired) electrons. The van der Waals surface area contributed by atoms with Crippen LogP contribution in [0.4, 0.5) is 4.79 Å². The van der Waals surface area contributed by atoms with Gasteiger partial charge in [-0.05, 0) is 44.5 Å².